The molecule has 20 heavy (non-hydrogen) atoms. The normalized spacial score (nSPS) is 13.2. The van der Waals surface area contributed by atoms with E-state index in [1.807, 2.05) is 41.5 Å². The van der Waals surface area contributed by atoms with Gasteiger partial charge in [-0.25, -0.2) is 0 Å². The number of hydrogen-bond donors (Lipinski definition) is 0. The topological polar surface area (TPSA) is 54.0 Å². The molecular weight excluding hydrogens is 279 g/mol. The first kappa shape index (κ1) is 20.1. The van der Waals surface area contributed by atoms with E-state index in [-0.39, 0.29) is 0 Å². The second kappa shape index (κ2) is 9.91. The van der Waals surface area contributed by atoms with Gasteiger partial charge in [0.25, 0.3) is 0 Å². The molecule has 0 aromatic carbocycles. The van der Waals surface area contributed by atoms with E-state index in [1.165, 1.54) is 0 Å². The minimum absolute atomic E-state index is 0.337. The van der Waals surface area contributed by atoms with Gasteiger partial charge in [0.15, 0.2) is 6.29 Å². The maximum Gasteiger partial charge on any atom is 0.341 e. The summed E-state index contributed by atoms with van der Waals surface area (Å²) < 4.78 is 35.8. The van der Waals surface area contributed by atoms with Crippen LogP contribution in [0.25, 0.3) is 0 Å². The third kappa shape index (κ3) is 4.28. The summed E-state index contributed by atoms with van der Waals surface area (Å²) in [4.78, 5) is 0. The predicted molar refractivity (Wildman–Crippen MR) is 81.2 cm³/mol. The Kier molecular flexibility index (Phi) is 9.94. The number of hydrogen-bond acceptors (Lipinski definition) is 5. The monoisotopic (exact) mass is 310 g/mol. The first-order chi connectivity index (χ1) is 9.51. The highest BCUT2D eigenvalue weighted by molar-refractivity contribution is 7.55. The molecule has 0 saturated carbocycles. The predicted octanol–water partition coefficient (Wildman–Crippen LogP) is 4.21. The van der Waals surface area contributed by atoms with Gasteiger partial charge in [0.1, 0.15) is 5.16 Å². The summed E-state index contributed by atoms with van der Waals surface area (Å²) in [5.74, 6) is 0. The van der Waals surface area contributed by atoms with Gasteiger partial charge >= 0.3 is 7.60 Å². The highest BCUT2D eigenvalue weighted by Crippen LogP contribution is 2.65. The van der Waals surface area contributed by atoms with E-state index >= 15 is 0 Å². The molecule has 0 N–H and O–H groups in total. The zero-order chi connectivity index (χ0) is 15.6. The van der Waals surface area contributed by atoms with Crippen molar-refractivity contribution < 1.29 is 23.1 Å². The molecule has 0 aromatic rings. The van der Waals surface area contributed by atoms with Crippen LogP contribution in [0, 0.1) is 0 Å². The lowest BCUT2D eigenvalue weighted by Crippen LogP contribution is -2.45. The zero-order valence-electron chi connectivity index (χ0n) is 13.8. The minimum Gasteiger partial charge on any atom is -0.352 e. The standard InChI is InChI=1S/C14H31O5P/c1-7-14(8-2,13(16-9-3)17-10-4)20(15,18-11-5)19-12-6/h13H,7-12H2,1-6H3. The van der Waals surface area contributed by atoms with Crippen LogP contribution in [-0.4, -0.2) is 37.9 Å². The van der Waals surface area contributed by atoms with Gasteiger partial charge in [0, 0.05) is 13.2 Å². The Morgan fingerprint density at radius 2 is 1.20 bits per heavy atom. The maximum absolute atomic E-state index is 13.3. The van der Waals surface area contributed by atoms with Crippen LogP contribution in [0.15, 0.2) is 0 Å². The quantitative estimate of drug-likeness (QED) is 0.399. The second-order valence-corrected chi connectivity index (χ2v) is 6.79. The van der Waals surface area contributed by atoms with E-state index in [4.69, 9.17) is 18.5 Å². The first-order valence-corrected chi connectivity index (χ1v) is 9.18. The van der Waals surface area contributed by atoms with Gasteiger partial charge in [0.2, 0.25) is 0 Å². The Balaban J connectivity index is 5.65. The van der Waals surface area contributed by atoms with Crippen molar-refractivity contribution in [3.05, 3.63) is 0 Å². The molecule has 0 unspecified atom stereocenters. The summed E-state index contributed by atoms with van der Waals surface area (Å²) >= 11 is 0. The van der Waals surface area contributed by atoms with Crippen molar-refractivity contribution in [1.29, 1.82) is 0 Å². The van der Waals surface area contributed by atoms with Crippen LogP contribution in [0.4, 0.5) is 0 Å². The van der Waals surface area contributed by atoms with Crippen molar-refractivity contribution >= 4 is 7.60 Å². The van der Waals surface area contributed by atoms with Crippen molar-refractivity contribution in [2.24, 2.45) is 0 Å². The Labute approximate surface area is 123 Å². The van der Waals surface area contributed by atoms with Gasteiger partial charge in [-0.05, 0) is 40.5 Å². The average molecular weight is 310 g/mol. The summed E-state index contributed by atoms with van der Waals surface area (Å²) in [5, 5.41) is -0.773. The smallest absolute Gasteiger partial charge is 0.341 e. The molecule has 0 heterocycles. The summed E-state index contributed by atoms with van der Waals surface area (Å²) in [6.45, 7) is 13.0. The molecule has 0 aromatic heterocycles. The summed E-state index contributed by atoms with van der Waals surface area (Å²) in [7, 11) is -3.33. The molecule has 0 saturated heterocycles. The van der Waals surface area contributed by atoms with E-state index in [1.54, 1.807) is 0 Å². The molecule has 0 amide bonds. The number of rotatable bonds is 12. The Morgan fingerprint density at radius 1 is 0.800 bits per heavy atom. The lowest BCUT2D eigenvalue weighted by atomic mass is 10.0. The SMILES string of the molecule is CCOC(OCC)C(CC)(CC)P(=O)(OCC)OCC. The lowest BCUT2D eigenvalue weighted by Gasteiger charge is -2.42. The van der Waals surface area contributed by atoms with Crippen molar-refractivity contribution in [2.45, 2.75) is 65.8 Å². The van der Waals surface area contributed by atoms with Crippen LogP contribution >= 0.6 is 7.60 Å². The molecule has 0 fully saturated rings. The molecule has 5 nitrogen and oxygen atoms in total. The van der Waals surface area contributed by atoms with Gasteiger partial charge in [0.05, 0.1) is 13.2 Å². The van der Waals surface area contributed by atoms with Crippen LogP contribution in [0.1, 0.15) is 54.4 Å². The maximum atomic E-state index is 13.3. The fourth-order valence-electron chi connectivity index (χ4n) is 2.40. The van der Waals surface area contributed by atoms with Gasteiger partial charge in [-0.1, -0.05) is 13.8 Å². The molecule has 0 radical (unpaired) electrons. The van der Waals surface area contributed by atoms with Gasteiger partial charge < -0.3 is 18.5 Å². The summed E-state index contributed by atoms with van der Waals surface area (Å²) in [6, 6.07) is 0. The van der Waals surface area contributed by atoms with Crippen LogP contribution in [0.2, 0.25) is 0 Å². The Morgan fingerprint density at radius 3 is 1.45 bits per heavy atom. The third-order valence-electron chi connectivity index (χ3n) is 3.44. The van der Waals surface area contributed by atoms with E-state index in [2.05, 4.69) is 0 Å². The summed E-state index contributed by atoms with van der Waals surface area (Å²) in [6.07, 6.45) is 0.619. The van der Waals surface area contributed by atoms with E-state index in [9.17, 15) is 4.57 Å². The van der Waals surface area contributed by atoms with Gasteiger partial charge in [-0.15, -0.1) is 0 Å². The molecule has 0 aliphatic carbocycles. The fourth-order valence-corrected chi connectivity index (χ4v) is 4.85. The average Bonchev–Trinajstić information content (AvgIpc) is 2.41. The van der Waals surface area contributed by atoms with Crippen LogP contribution in [0.3, 0.4) is 0 Å². The molecule has 0 aliphatic heterocycles. The van der Waals surface area contributed by atoms with E-state index in [0.717, 1.165) is 0 Å². The third-order valence-corrected chi connectivity index (χ3v) is 6.57. The molecule has 0 spiro atoms. The molecule has 0 aliphatic rings. The van der Waals surface area contributed by atoms with E-state index in [0.29, 0.717) is 39.3 Å². The highest BCUT2D eigenvalue weighted by atomic mass is 31.2. The minimum atomic E-state index is -3.33. The van der Waals surface area contributed by atoms with Crippen molar-refractivity contribution in [3.8, 4) is 0 Å². The zero-order valence-corrected chi connectivity index (χ0v) is 14.7. The lowest BCUT2D eigenvalue weighted by molar-refractivity contribution is -0.164. The highest BCUT2D eigenvalue weighted by Gasteiger charge is 2.55. The van der Waals surface area contributed by atoms with E-state index < -0.39 is 19.0 Å². The first-order valence-electron chi connectivity index (χ1n) is 7.64. The summed E-state index contributed by atoms with van der Waals surface area (Å²) in [5.41, 5.74) is 0. The second-order valence-electron chi connectivity index (χ2n) is 4.39. The molecular formula is C14H31O5P. The van der Waals surface area contributed by atoms with Gasteiger partial charge in [-0.2, -0.15) is 0 Å². The van der Waals surface area contributed by atoms with Crippen molar-refractivity contribution in [3.63, 3.8) is 0 Å². The van der Waals surface area contributed by atoms with Crippen molar-refractivity contribution in [2.75, 3.05) is 26.4 Å². The number of ether oxygens (including phenoxy) is 2. The largest absolute Gasteiger partial charge is 0.352 e. The molecule has 0 rings (SSSR count). The molecule has 122 valence electrons. The van der Waals surface area contributed by atoms with Crippen molar-refractivity contribution in [1.82, 2.24) is 0 Å². The fraction of sp³-hybridized carbons (Fsp3) is 1.00. The molecule has 0 atom stereocenters. The van der Waals surface area contributed by atoms with Crippen LogP contribution in [0.5, 0.6) is 0 Å². The molecule has 6 heteroatoms. The van der Waals surface area contributed by atoms with Gasteiger partial charge in [-0.3, -0.25) is 4.57 Å². The molecule has 0 bridgehead atoms. The Hall–Kier alpha value is 0.0700. The van der Waals surface area contributed by atoms with Crippen LogP contribution < -0.4 is 0 Å². The van der Waals surface area contributed by atoms with Crippen LogP contribution in [-0.2, 0) is 23.1 Å². The Bertz CT molecular complexity index is 275.